The molecule has 1 atom stereocenters. The summed E-state index contributed by atoms with van der Waals surface area (Å²) in [5.74, 6) is -1.61. The largest absolute Gasteiger partial charge is 0.452 e. The fourth-order valence-electron chi connectivity index (χ4n) is 2.20. The number of rotatable bonds is 5. The number of carbonyl (C=O) groups is 2. The maximum atomic E-state index is 12.4. The maximum absolute atomic E-state index is 12.4. The number of primary amides is 1. The smallest absolute Gasteiger partial charge is 0.309 e. The zero-order chi connectivity index (χ0) is 16.3. The van der Waals surface area contributed by atoms with E-state index < -0.39 is 33.9 Å². The van der Waals surface area contributed by atoms with Crippen molar-refractivity contribution in [3.63, 3.8) is 0 Å². The van der Waals surface area contributed by atoms with Crippen LogP contribution < -0.4 is 5.73 Å². The van der Waals surface area contributed by atoms with E-state index in [0.29, 0.717) is 17.1 Å². The van der Waals surface area contributed by atoms with Gasteiger partial charge in [-0.2, -0.15) is 4.31 Å². The molecule has 1 saturated heterocycles. The van der Waals surface area contributed by atoms with Crippen LogP contribution in [0.1, 0.15) is 19.8 Å². The Kier molecular flexibility index (Phi) is 5.20. The molecule has 122 valence electrons. The van der Waals surface area contributed by atoms with Crippen LogP contribution in [0.25, 0.3) is 0 Å². The van der Waals surface area contributed by atoms with Crippen LogP contribution in [0.4, 0.5) is 0 Å². The Labute approximate surface area is 133 Å². The molecule has 1 amide bonds. The highest BCUT2D eigenvalue weighted by Crippen LogP contribution is 2.26. The molecule has 1 fully saturated rings. The molecular weight excluding hydrogens is 328 g/mol. The van der Waals surface area contributed by atoms with E-state index in [1.54, 1.807) is 17.5 Å². The molecule has 1 aliphatic rings. The van der Waals surface area contributed by atoms with Gasteiger partial charge < -0.3 is 10.5 Å². The number of carbonyl (C=O) groups excluding carboxylic acids is 2. The second-order valence-electron chi connectivity index (χ2n) is 5.09. The maximum Gasteiger partial charge on any atom is 0.309 e. The molecule has 2 N–H and O–H groups in total. The van der Waals surface area contributed by atoms with Crippen molar-refractivity contribution in [1.82, 2.24) is 4.31 Å². The minimum absolute atomic E-state index is 0.255. The quantitative estimate of drug-likeness (QED) is 0.784. The van der Waals surface area contributed by atoms with Crippen molar-refractivity contribution in [1.29, 1.82) is 0 Å². The van der Waals surface area contributed by atoms with Crippen LogP contribution >= 0.6 is 11.3 Å². The summed E-state index contributed by atoms with van der Waals surface area (Å²) in [7, 11) is -3.48. The number of piperidine rings is 1. The lowest BCUT2D eigenvalue weighted by atomic mass is 9.98. The van der Waals surface area contributed by atoms with Gasteiger partial charge in [0.05, 0.1) is 5.92 Å². The van der Waals surface area contributed by atoms with Crippen molar-refractivity contribution in [3.05, 3.63) is 17.5 Å². The average Bonchev–Trinajstić information content (AvgIpc) is 3.02. The normalized spacial score (nSPS) is 18.8. The highest BCUT2D eigenvalue weighted by atomic mass is 32.2. The number of sulfonamides is 1. The Morgan fingerprint density at radius 1 is 1.41 bits per heavy atom. The number of hydrogen-bond donors (Lipinski definition) is 1. The summed E-state index contributed by atoms with van der Waals surface area (Å²) in [4.78, 5) is 22.8. The molecule has 9 heteroatoms. The van der Waals surface area contributed by atoms with E-state index in [9.17, 15) is 18.0 Å². The topological polar surface area (TPSA) is 107 Å². The van der Waals surface area contributed by atoms with Crippen LogP contribution in [0.3, 0.4) is 0 Å². The van der Waals surface area contributed by atoms with Crippen LogP contribution in [-0.4, -0.2) is 43.8 Å². The number of hydrogen-bond acceptors (Lipinski definition) is 6. The SMILES string of the molecule is C[C@H](OC(=O)C1CCN(S(=O)(=O)c2cccs2)CC1)C(N)=O. The third-order valence-electron chi connectivity index (χ3n) is 3.57. The van der Waals surface area contributed by atoms with E-state index in [1.807, 2.05) is 0 Å². The van der Waals surface area contributed by atoms with Gasteiger partial charge in [0.15, 0.2) is 6.10 Å². The molecule has 2 rings (SSSR count). The van der Waals surface area contributed by atoms with Crippen LogP contribution in [-0.2, 0) is 24.3 Å². The van der Waals surface area contributed by atoms with Gasteiger partial charge in [-0.25, -0.2) is 8.42 Å². The van der Waals surface area contributed by atoms with Crippen molar-refractivity contribution >= 4 is 33.2 Å². The molecule has 22 heavy (non-hydrogen) atoms. The number of thiophene rings is 1. The predicted molar refractivity (Wildman–Crippen MR) is 80.6 cm³/mol. The molecule has 0 unspecified atom stereocenters. The summed E-state index contributed by atoms with van der Waals surface area (Å²) in [6.07, 6.45) is -0.232. The second-order valence-corrected chi connectivity index (χ2v) is 8.20. The van der Waals surface area contributed by atoms with Crippen molar-refractivity contribution in [2.24, 2.45) is 11.7 Å². The summed E-state index contributed by atoms with van der Waals surface area (Å²) in [5, 5.41) is 1.71. The lowest BCUT2D eigenvalue weighted by Gasteiger charge is -2.30. The molecule has 0 radical (unpaired) electrons. The van der Waals surface area contributed by atoms with Crippen molar-refractivity contribution in [3.8, 4) is 0 Å². The van der Waals surface area contributed by atoms with Crippen molar-refractivity contribution in [2.45, 2.75) is 30.1 Å². The van der Waals surface area contributed by atoms with E-state index in [2.05, 4.69) is 0 Å². The number of nitrogens with two attached hydrogens (primary N) is 1. The van der Waals surface area contributed by atoms with Gasteiger partial charge in [0, 0.05) is 13.1 Å². The highest BCUT2D eigenvalue weighted by Gasteiger charge is 2.34. The van der Waals surface area contributed by atoms with Crippen LogP contribution in [0, 0.1) is 5.92 Å². The molecule has 1 aliphatic heterocycles. The Morgan fingerprint density at radius 2 is 2.05 bits per heavy atom. The third-order valence-corrected chi connectivity index (χ3v) is 6.84. The fraction of sp³-hybridized carbons (Fsp3) is 0.538. The summed E-state index contributed by atoms with van der Waals surface area (Å²) >= 11 is 1.17. The van der Waals surface area contributed by atoms with Crippen LogP contribution in [0.5, 0.6) is 0 Å². The van der Waals surface area contributed by atoms with Gasteiger partial charge in [-0.05, 0) is 31.2 Å². The number of esters is 1. The summed E-state index contributed by atoms with van der Waals surface area (Å²) in [6.45, 7) is 1.92. The molecular formula is C13H18N2O5S2. The van der Waals surface area contributed by atoms with Gasteiger partial charge in [-0.15, -0.1) is 11.3 Å². The Hall–Kier alpha value is -1.45. The van der Waals surface area contributed by atoms with Gasteiger partial charge in [-0.1, -0.05) is 6.07 Å². The lowest BCUT2D eigenvalue weighted by Crippen LogP contribution is -2.41. The fourth-order valence-corrected chi connectivity index (χ4v) is 4.81. The minimum atomic E-state index is -3.48. The number of amides is 1. The predicted octanol–water partition coefficient (Wildman–Crippen LogP) is 0.566. The van der Waals surface area contributed by atoms with E-state index in [1.165, 1.54) is 22.6 Å². The molecule has 0 spiro atoms. The summed E-state index contributed by atoms with van der Waals surface area (Å²) in [5.41, 5.74) is 5.04. The van der Waals surface area contributed by atoms with E-state index in [-0.39, 0.29) is 13.1 Å². The molecule has 2 heterocycles. The first-order chi connectivity index (χ1) is 10.3. The first-order valence-corrected chi connectivity index (χ1v) is 9.18. The molecule has 0 saturated carbocycles. The lowest BCUT2D eigenvalue weighted by molar-refractivity contribution is -0.159. The van der Waals surface area contributed by atoms with E-state index in [0.717, 1.165) is 0 Å². The Balaban J connectivity index is 1.93. The highest BCUT2D eigenvalue weighted by molar-refractivity contribution is 7.91. The molecule has 1 aromatic rings. The molecule has 7 nitrogen and oxygen atoms in total. The molecule has 0 aromatic carbocycles. The van der Waals surface area contributed by atoms with Crippen molar-refractivity contribution in [2.75, 3.05) is 13.1 Å². The zero-order valence-electron chi connectivity index (χ0n) is 12.1. The Bertz CT molecular complexity index is 633. The van der Waals surface area contributed by atoms with E-state index >= 15 is 0 Å². The van der Waals surface area contributed by atoms with Crippen LogP contribution in [0.2, 0.25) is 0 Å². The molecule has 1 aromatic heterocycles. The molecule has 0 aliphatic carbocycles. The number of nitrogens with zero attached hydrogens (tertiary/aromatic N) is 1. The van der Waals surface area contributed by atoms with E-state index in [4.69, 9.17) is 10.5 Å². The van der Waals surface area contributed by atoms with Gasteiger partial charge in [0.25, 0.3) is 15.9 Å². The number of ether oxygens (including phenoxy) is 1. The van der Waals surface area contributed by atoms with Gasteiger partial charge in [0.2, 0.25) is 0 Å². The Morgan fingerprint density at radius 3 is 2.55 bits per heavy atom. The monoisotopic (exact) mass is 346 g/mol. The summed E-state index contributed by atoms with van der Waals surface area (Å²) in [6, 6.07) is 3.25. The minimum Gasteiger partial charge on any atom is -0.452 e. The second kappa shape index (κ2) is 6.76. The summed E-state index contributed by atoms with van der Waals surface area (Å²) < 4.78 is 31.3. The first-order valence-electron chi connectivity index (χ1n) is 6.86. The van der Waals surface area contributed by atoms with Gasteiger partial charge in [0.1, 0.15) is 4.21 Å². The van der Waals surface area contributed by atoms with Gasteiger partial charge >= 0.3 is 5.97 Å². The standard InChI is InChI=1S/C13H18N2O5S2/c1-9(12(14)16)20-13(17)10-4-6-15(7-5-10)22(18,19)11-3-2-8-21-11/h2-3,8-10H,4-7H2,1H3,(H2,14,16)/t9-/m0/s1. The van der Waals surface area contributed by atoms with Gasteiger partial charge in [-0.3, -0.25) is 9.59 Å². The van der Waals surface area contributed by atoms with Crippen molar-refractivity contribution < 1.29 is 22.7 Å². The zero-order valence-corrected chi connectivity index (χ0v) is 13.7. The average molecular weight is 346 g/mol. The third kappa shape index (κ3) is 3.65. The van der Waals surface area contributed by atoms with Crippen LogP contribution in [0.15, 0.2) is 21.7 Å². The molecule has 0 bridgehead atoms. The first kappa shape index (κ1) is 16.9.